The Balaban J connectivity index is 2.07. The number of rotatable bonds is 6. The number of carbonyl (C=O) groups excluding carboxylic acids is 1. The van der Waals surface area contributed by atoms with Crippen molar-refractivity contribution in [3.05, 3.63) is 23.8 Å². The normalized spacial score (nSPS) is 14.9. The van der Waals surface area contributed by atoms with E-state index in [1.807, 2.05) is 0 Å². The third-order valence-corrected chi connectivity index (χ3v) is 2.42. The first kappa shape index (κ1) is 12.0. The Morgan fingerprint density at radius 2 is 2.33 bits per heavy atom. The molecule has 0 saturated carbocycles. The highest BCUT2D eigenvalue weighted by Crippen LogP contribution is 2.11. The number of hydrogen-bond donors (Lipinski definition) is 2. The predicted octanol–water partition coefficient (Wildman–Crippen LogP) is 1.51. The minimum atomic E-state index is 0.112. The molecule has 0 spiro atoms. The Morgan fingerprint density at radius 1 is 1.47 bits per heavy atom. The van der Waals surface area contributed by atoms with Crippen molar-refractivity contribution in [3.8, 4) is 0 Å². The summed E-state index contributed by atoms with van der Waals surface area (Å²) < 4.78 is 0. The van der Waals surface area contributed by atoms with Gasteiger partial charge in [0.25, 0.3) is 0 Å². The minimum absolute atomic E-state index is 0.112. The van der Waals surface area contributed by atoms with E-state index >= 15 is 0 Å². The van der Waals surface area contributed by atoms with E-state index in [0.717, 1.165) is 32.2 Å². The fraction of sp³-hybridized carbons (Fsp3) is 0.583. The Hall–Kier alpha value is -1.09. The summed E-state index contributed by atoms with van der Waals surface area (Å²) in [5.74, 6) is 0.112. The van der Waals surface area contributed by atoms with Gasteiger partial charge in [-0.25, -0.2) is 0 Å². The molecule has 0 bridgehead atoms. The van der Waals surface area contributed by atoms with E-state index in [0.29, 0.717) is 13.0 Å². The molecule has 3 N–H and O–H groups in total. The lowest BCUT2D eigenvalue weighted by molar-refractivity contribution is -0.121. The Bertz CT molecular complexity index is 256. The SMILES string of the molecule is NCCCC(=O)NCCC1=CCCC=C1. The van der Waals surface area contributed by atoms with Gasteiger partial charge in [-0.15, -0.1) is 0 Å². The van der Waals surface area contributed by atoms with Crippen molar-refractivity contribution < 1.29 is 4.79 Å². The second kappa shape index (κ2) is 7.23. The van der Waals surface area contributed by atoms with E-state index in [9.17, 15) is 4.79 Å². The molecule has 0 saturated heterocycles. The fourth-order valence-electron chi connectivity index (χ4n) is 1.55. The molecule has 0 aromatic rings. The fourth-order valence-corrected chi connectivity index (χ4v) is 1.55. The van der Waals surface area contributed by atoms with E-state index < -0.39 is 0 Å². The first-order chi connectivity index (χ1) is 7.33. The molecular weight excluding hydrogens is 188 g/mol. The molecule has 0 radical (unpaired) electrons. The van der Waals surface area contributed by atoms with E-state index in [4.69, 9.17) is 5.73 Å². The highest BCUT2D eigenvalue weighted by molar-refractivity contribution is 5.75. The zero-order valence-corrected chi connectivity index (χ0v) is 9.17. The molecule has 15 heavy (non-hydrogen) atoms. The number of amides is 1. The highest BCUT2D eigenvalue weighted by Gasteiger charge is 2.01. The van der Waals surface area contributed by atoms with E-state index in [-0.39, 0.29) is 5.91 Å². The van der Waals surface area contributed by atoms with Crippen LogP contribution in [0.5, 0.6) is 0 Å². The van der Waals surface area contributed by atoms with Crippen molar-refractivity contribution in [2.45, 2.75) is 32.1 Å². The second-order valence-electron chi connectivity index (χ2n) is 3.75. The lowest BCUT2D eigenvalue weighted by atomic mass is 10.0. The van der Waals surface area contributed by atoms with Gasteiger partial charge in [-0.1, -0.05) is 23.8 Å². The van der Waals surface area contributed by atoms with Crippen LogP contribution in [0, 0.1) is 0 Å². The van der Waals surface area contributed by atoms with Gasteiger partial charge in [0.2, 0.25) is 5.91 Å². The highest BCUT2D eigenvalue weighted by atomic mass is 16.1. The maximum atomic E-state index is 11.2. The van der Waals surface area contributed by atoms with Crippen LogP contribution in [0.3, 0.4) is 0 Å². The molecule has 84 valence electrons. The van der Waals surface area contributed by atoms with Gasteiger partial charge in [-0.05, 0) is 32.2 Å². The van der Waals surface area contributed by atoms with Gasteiger partial charge in [0.15, 0.2) is 0 Å². The van der Waals surface area contributed by atoms with Crippen molar-refractivity contribution in [3.63, 3.8) is 0 Å². The molecule has 1 aliphatic rings. The van der Waals surface area contributed by atoms with Crippen LogP contribution in [-0.2, 0) is 4.79 Å². The summed E-state index contributed by atoms with van der Waals surface area (Å²) in [5, 5.41) is 2.90. The van der Waals surface area contributed by atoms with Crippen molar-refractivity contribution >= 4 is 5.91 Å². The van der Waals surface area contributed by atoms with E-state index in [1.54, 1.807) is 0 Å². The third-order valence-electron chi connectivity index (χ3n) is 2.42. The van der Waals surface area contributed by atoms with Gasteiger partial charge in [0.1, 0.15) is 0 Å². The zero-order valence-electron chi connectivity index (χ0n) is 9.17. The average Bonchev–Trinajstić information content (AvgIpc) is 2.28. The van der Waals surface area contributed by atoms with Crippen LogP contribution in [0.2, 0.25) is 0 Å². The number of nitrogens with two attached hydrogens (primary N) is 1. The van der Waals surface area contributed by atoms with Crippen LogP contribution in [0.4, 0.5) is 0 Å². The largest absolute Gasteiger partial charge is 0.356 e. The molecule has 0 aliphatic heterocycles. The number of carbonyl (C=O) groups is 1. The van der Waals surface area contributed by atoms with Crippen molar-refractivity contribution in [2.75, 3.05) is 13.1 Å². The van der Waals surface area contributed by atoms with Gasteiger partial charge in [-0.2, -0.15) is 0 Å². The topological polar surface area (TPSA) is 55.1 Å². The van der Waals surface area contributed by atoms with Crippen LogP contribution < -0.4 is 11.1 Å². The first-order valence-electron chi connectivity index (χ1n) is 5.65. The molecule has 1 rings (SSSR count). The van der Waals surface area contributed by atoms with Gasteiger partial charge in [0.05, 0.1) is 0 Å². The number of hydrogen-bond acceptors (Lipinski definition) is 2. The standard InChI is InChI=1S/C12H20N2O/c13-9-4-7-12(15)14-10-8-11-5-2-1-3-6-11/h2,5-6H,1,3-4,7-10,13H2,(H,14,15). The molecule has 0 heterocycles. The number of allylic oxidation sites excluding steroid dienone is 3. The van der Waals surface area contributed by atoms with E-state index in [1.165, 1.54) is 5.57 Å². The van der Waals surface area contributed by atoms with Gasteiger partial charge in [-0.3, -0.25) is 4.79 Å². The lowest BCUT2D eigenvalue weighted by Gasteiger charge is -2.08. The summed E-state index contributed by atoms with van der Waals surface area (Å²) in [5.41, 5.74) is 6.66. The van der Waals surface area contributed by atoms with Crippen LogP contribution >= 0.6 is 0 Å². The third kappa shape index (κ3) is 5.37. The first-order valence-corrected chi connectivity index (χ1v) is 5.65. The van der Waals surface area contributed by atoms with Crippen LogP contribution in [0.25, 0.3) is 0 Å². The summed E-state index contributed by atoms with van der Waals surface area (Å²) >= 11 is 0. The molecule has 1 amide bonds. The maximum absolute atomic E-state index is 11.2. The zero-order chi connectivity index (χ0) is 10.9. The van der Waals surface area contributed by atoms with Crippen molar-refractivity contribution in [1.82, 2.24) is 5.32 Å². The van der Waals surface area contributed by atoms with Gasteiger partial charge < -0.3 is 11.1 Å². The summed E-state index contributed by atoms with van der Waals surface area (Å²) in [4.78, 5) is 11.2. The van der Waals surface area contributed by atoms with Gasteiger partial charge in [0, 0.05) is 13.0 Å². The second-order valence-corrected chi connectivity index (χ2v) is 3.75. The van der Waals surface area contributed by atoms with Crippen LogP contribution in [-0.4, -0.2) is 19.0 Å². The number of nitrogens with one attached hydrogen (secondary N) is 1. The average molecular weight is 208 g/mol. The van der Waals surface area contributed by atoms with Crippen molar-refractivity contribution in [1.29, 1.82) is 0 Å². The van der Waals surface area contributed by atoms with Gasteiger partial charge >= 0.3 is 0 Å². The van der Waals surface area contributed by atoms with E-state index in [2.05, 4.69) is 23.5 Å². The Morgan fingerprint density at radius 3 is 3.00 bits per heavy atom. The Labute approximate surface area is 91.4 Å². The summed E-state index contributed by atoms with van der Waals surface area (Å²) in [6.45, 7) is 1.32. The van der Waals surface area contributed by atoms with Crippen molar-refractivity contribution in [2.24, 2.45) is 5.73 Å². The molecule has 3 nitrogen and oxygen atoms in total. The summed E-state index contributed by atoms with van der Waals surface area (Å²) in [6, 6.07) is 0. The molecule has 3 heteroatoms. The lowest BCUT2D eigenvalue weighted by Crippen LogP contribution is -2.25. The maximum Gasteiger partial charge on any atom is 0.220 e. The summed E-state index contributed by atoms with van der Waals surface area (Å²) in [7, 11) is 0. The monoisotopic (exact) mass is 208 g/mol. The van der Waals surface area contributed by atoms with Crippen LogP contribution in [0.1, 0.15) is 32.1 Å². The quantitative estimate of drug-likeness (QED) is 0.695. The predicted molar refractivity (Wildman–Crippen MR) is 62.4 cm³/mol. The molecule has 0 aromatic heterocycles. The molecule has 0 unspecified atom stereocenters. The molecule has 1 aliphatic carbocycles. The van der Waals surface area contributed by atoms with Crippen LogP contribution in [0.15, 0.2) is 23.8 Å². The smallest absolute Gasteiger partial charge is 0.220 e. The molecule has 0 atom stereocenters. The molecule has 0 fully saturated rings. The molecule has 0 aromatic carbocycles. The minimum Gasteiger partial charge on any atom is -0.356 e. The molecular formula is C12H20N2O. The Kier molecular flexibility index (Phi) is 5.78. The summed E-state index contributed by atoms with van der Waals surface area (Å²) in [6.07, 6.45) is 11.1.